The van der Waals surface area contributed by atoms with E-state index in [0.29, 0.717) is 0 Å². The summed E-state index contributed by atoms with van der Waals surface area (Å²) in [5.74, 6) is 5.55. The monoisotopic (exact) mass is 217 g/mol. The van der Waals surface area contributed by atoms with Gasteiger partial charge in [-0.2, -0.15) is 5.10 Å². The van der Waals surface area contributed by atoms with E-state index in [4.69, 9.17) is 5.84 Å². The average molecular weight is 217 g/mol. The summed E-state index contributed by atoms with van der Waals surface area (Å²) in [7, 11) is 1.89. The number of hydrogen-bond donors (Lipinski definition) is 2. The highest BCUT2D eigenvalue weighted by molar-refractivity contribution is 5.14. The smallest absolute Gasteiger partial charge is 0.0546 e. The molecule has 0 saturated heterocycles. The van der Waals surface area contributed by atoms with Crippen LogP contribution < -0.4 is 11.3 Å². The number of hydrazine groups is 1. The summed E-state index contributed by atoms with van der Waals surface area (Å²) < 4.78 is 1.76. The first-order valence-corrected chi connectivity index (χ1v) is 5.14. The van der Waals surface area contributed by atoms with Crippen LogP contribution in [0.3, 0.4) is 0 Å². The molecular weight excluding hydrogens is 202 g/mol. The molecule has 0 aliphatic rings. The van der Waals surface area contributed by atoms with E-state index < -0.39 is 0 Å². The predicted molar refractivity (Wildman–Crippen MR) is 61.2 cm³/mol. The maximum Gasteiger partial charge on any atom is 0.0546 e. The van der Waals surface area contributed by atoms with Gasteiger partial charge >= 0.3 is 0 Å². The lowest BCUT2D eigenvalue weighted by Crippen LogP contribution is -2.29. The number of nitrogens with zero attached hydrogens (tertiary/aromatic N) is 3. The van der Waals surface area contributed by atoms with Gasteiger partial charge in [-0.1, -0.05) is 6.07 Å². The van der Waals surface area contributed by atoms with E-state index >= 15 is 0 Å². The molecular formula is C11H15N5. The van der Waals surface area contributed by atoms with Crippen molar-refractivity contribution >= 4 is 0 Å². The Kier molecular flexibility index (Phi) is 3.28. The van der Waals surface area contributed by atoms with Crippen LogP contribution in [0, 0.1) is 0 Å². The third kappa shape index (κ3) is 2.44. The zero-order chi connectivity index (χ0) is 11.4. The lowest BCUT2D eigenvalue weighted by atomic mass is 10.1. The second-order valence-corrected chi connectivity index (χ2v) is 3.69. The van der Waals surface area contributed by atoms with Gasteiger partial charge in [0, 0.05) is 37.1 Å². The van der Waals surface area contributed by atoms with Gasteiger partial charge in [0.2, 0.25) is 0 Å². The van der Waals surface area contributed by atoms with E-state index in [-0.39, 0.29) is 6.04 Å². The van der Waals surface area contributed by atoms with Crippen LogP contribution in [0.4, 0.5) is 0 Å². The summed E-state index contributed by atoms with van der Waals surface area (Å²) in [5, 5.41) is 4.13. The minimum atomic E-state index is 0.0450. The van der Waals surface area contributed by atoms with Crippen molar-refractivity contribution in [1.29, 1.82) is 0 Å². The standard InChI is InChI=1S/C11H15N5/c1-16-8-9(7-14-16)11(15-12)6-10-4-2-3-5-13-10/h2-5,7-8,11,15H,6,12H2,1H3. The molecule has 0 bridgehead atoms. The third-order valence-corrected chi connectivity index (χ3v) is 2.47. The summed E-state index contributed by atoms with van der Waals surface area (Å²) in [5.41, 5.74) is 4.86. The Morgan fingerprint density at radius 1 is 1.50 bits per heavy atom. The molecule has 0 aromatic carbocycles. The lowest BCUT2D eigenvalue weighted by molar-refractivity contribution is 0.545. The second-order valence-electron chi connectivity index (χ2n) is 3.69. The minimum absolute atomic E-state index is 0.0450. The first-order chi connectivity index (χ1) is 7.79. The van der Waals surface area contributed by atoms with Gasteiger partial charge in [0.25, 0.3) is 0 Å². The van der Waals surface area contributed by atoms with Gasteiger partial charge in [-0.3, -0.25) is 20.9 Å². The Bertz CT molecular complexity index is 437. The topological polar surface area (TPSA) is 68.8 Å². The Hall–Kier alpha value is -1.72. The van der Waals surface area contributed by atoms with Gasteiger partial charge in [-0.05, 0) is 12.1 Å². The Morgan fingerprint density at radius 2 is 2.38 bits per heavy atom. The summed E-state index contributed by atoms with van der Waals surface area (Å²) in [6, 6.07) is 5.90. The highest BCUT2D eigenvalue weighted by Crippen LogP contribution is 2.15. The molecule has 1 atom stereocenters. The lowest BCUT2D eigenvalue weighted by Gasteiger charge is -2.13. The van der Waals surface area contributed by atoms with Crippen LogP contribution in [0.15, 0.2) is 36.8 Å². The molecule has 2 aromatic heterocycles. The number of rotatable bonds is 4. The van der Waals surface area contributed by atoms with Gasteiger partial charge in [-0.25, -0.2) is 0 Å². The normalized spacial score (nSPS) is 12.6. The molecule has 3 N–H and O–H groups in total. The van der Waals surface area contributed by atoms with Gasteiger partial charge in [0.1, 0.15) is 0 Å². The van der Waals surface area contributed by atoms with Crippen LogP contribution in [0.25, 0.3) is 0 Å². The van der Waals surface area contributed by atoms with E-state index in [9.17, 15) is 0 Å². The van der Waals surface area contributed by atoms with E-state index in [1.807, 2.05) is 37.6 Å². The summed E-state index contributed by atoms with van der Waals surface area (Å²) in [6.45, 7) is 0. The van der Waals surface area contributed by atoms with E-state index in [1.165, 1.54) is 0 Å². The van der Waals surface area contributed by atoms with Gasteiger partial charge in [-0.15, -0.1) is 0 Å². The zero-order valence-corrected chi connectivity index (χ0v) is 9.17. The van der Waals surface area contributed by atoms with Crippen molar-refractivity contribution in [2.75, 3.05) is 0 Å². The largest absolute Gasteiger partial charge is 0.275 e. The highest BCUT2D eigenvalue weighted by Gasteiger charge is 2.12. The van der Waals surface area contributed by atoms with Crippen molar-refractivity contribution in [3.8, 4) is 0 Å². The Balaban J connectivity index is 2.12. The minimum Gasteiger partial charge on any atom is -0.275 e. The molecule has 2 heterocycles. The van der Waals surface area contributed by atoms with E-state index in [2.05, 4.69) is 15.5 Å². The van der Waals surface area contributed by atoms with Crippen molar-refractivity contribution in [1.82, 2.24) is 20.2 Å². The SMILES string of the molecule is Cn1cc(C(Cc2ccccn2)NN)cn1. The Labute approximate surface area is 94.3 Å². The summed E-state index contributed by atoms with van der Waals surface area (Å²) in [6.07, 6.45) is 6.30. The first-order valence-electron chi connectivity index (χ1n) is 5.14. The fourth-order valence-corrected chi connectivity index (χ4v) is 1.62. The van der Waals surface area contributed by atoms with Crippen molar-refractivity contribution in [3.63, 3.8) is 0 Å². The molecule has 0 fully saturated rings. The van der Waals surface area contributed by atoms with Crippen molar-refractivity contribution in [2.45, 2.75) is 12.5 Å². The average Bonchev–Trinajstić information content (AvgIpc) is 2.74. The first kappa shape index (κ1) is 10.8. The maximum absolute atomic E-state index is 5.55. The molecule has 0 amide bonds. The highest BCUT2D eigenvalue weighted by atomic mass is 15.3. The van der Waals surface area contributed by atoms with Gasteiger partial charge < -0.3 is 0 Å². The molecule has 0 saturated carbocycles. The molecule has 16 heavy (non-hydrogen) atoms. The molecule has 2 aromatic rings. The van der Waals surface area contributed by atoms with E-state index in [1.54, 1.807) is 10.9 Å². The zero-order valence-electron chi connectivity index (χ0n) is 9.17. The van der Waals surface area contributed by atoms with Crippen LogP contribution in [-0.4, -0.2) is 14.8 Å². The van der Waals surface area contributed by atoms with Crippen LogP contribution in [0.2, 0.25) is 0 Å². The fraction of sp³-hybridized carbons (Fsp3) is 0.273. The molecule has 5 nitrogen and oxygen atoms in total. The molecule has 5 heteroatoms. The molecule has 2 rings (SSSR count). The molecule has 84 valence electrons. The fourth-order valence-electron chi connectivity index (χ4n) is 1.62. The number of hydrogen-bond acceptors (Lipinski definition) is 4. The quantitative estimate of drug-likeness (QED) is 0.580. The summed E-state index contributed by atoms with van der Waals surface area (Å²) >= 11 is 0. The van der Waals surface area contributed by atoms with Crippen LogP contribution in [0.5, 0.6) is 0 Å². The van der Waals surface area contributed by atoms with Crippen LogP contribution >= 0.6 is 0 Å². The molecule has 0 aliphatic carbocycles. The number of aryl methyl sites for hydroxylation is 1. The third-order valence-electron chi connectivity index (χ3n) is 2.47. The predicted octanol–water partition coefficient (Wildman–Crippen LogP) is 0.562. The molecule has 0 spiro atoms. The van der Waals surface area contributed by atoms with Crippen LogP contribution in [-0.2, 0) is 13.5 Å². The molecule has 1 unspecified atom stereocenters. The second kappa shape index (κ2) is 4.87. The van der Waals surface area contributed by atoms with E-state index in [0.717, 1.165) is 17.7 Å². The van der Waals surface area contributed by atoms with Crippen molar-refractivity contribution in [2.24, 2.45) is 12.9 Å². The van der Waals surface area contributed by atoms with Crippen LogP contribution in [0.1, 0.15) is 17.3 Å². The molecule has 0 radical (unpaired) electrons. The Morgan fingerprint density at radius 3 is 2.94 bits per heavy atom. The van der Waals surface area contributed by atoms with Crippen molar-refractivity contribution < 1.29 is 0 Å². The van der Waals surface area contributed by atoms with Crippen molar-refractivity contribution in [3.05, 3.63) is 48.0 Å². The number of nitrogens with one attached hydrogen (secondary N) is 1. The van der Waals surface area contributed by atoms with Gasteiger partial charge in [0.05, 0.1) is 12.2 Å². The summed E-state index contributed by atoms with van der Waals surface area (Å²) in [4.78, 5) is 4.28. The molecule has 0 aliphatic heterocycles. The number of aromatic nitrogens is 3. The number of nitrogens with two attached hydrogens (primary N) is 1. The van der Waals surface area contributed by atoms with Gasteiger partial charge in [0.15, 0.2) is 0 Å². The number of pyridine rings is 1. The maximum atomic E-state index is 5.55.